The van der Waals surface area contributed by atoms with Crippen LogP contribution in [0, 0.1) is 17.2 Å². The molecule has 0 radical (unpaired) electrons. The molecule has 7 N–H and O–H groups in total. The Labute approximate surface area is 414 Å². The minimum Gasteiger partial charge on any atom is -0.358 e. The van der Waals surface area contributed by atoms with Crippen LogP contribution in [0.15, 0.2) is 9.98 Å². The summed E-state index contributed by atoms with van der Waals surface area (Å²) in [4.78, 5) is 16.1. The molecule has 0 aromatic carbocycles. The second-order valence-corrected chi connectivity index (χ2v) is 27.7. The Hall–Kier alpha value is -1.63. The summed E-state index contributed by atoms with van der Waals surface area (Å²) in [6, 6.07) is 1.46. The standard InChI is InChI=1S/C56H111N11/c1-20-66(44-37-53(11,12)64-54(13,14)38-44)31-27-23-24-28-32-67(45-39-55(15,16)65-56(17,18)40-45)48(61-47(57)58-19)60-41(2)46(42-33-49(3,4)62-50(5,6)34-42)29-25-21-22-26-30-59-43-35-51(7,8)63-52(9,10)36-43/h42-46,59,62-65H,20-40H2,1-19H3,(H2,57,58)/b60-41+,61-48+. The van der Waals surface area contributed by atoms with Crippen molar-refractivity contribution in [3.8, 4) is 0 Å². The molecule has 390 valence electrons. The average molecular weight is 939 g/mol. The first-order valence-electron chi connectivity index (χ1n) is 27.6. The average Bonchev–Trinajstić information content (AvgIpc) is 3.11. The third kappa shape index (κ3) is 19.5. The van der Waals surface area contributed by atoms with E-state index in [0.717, 1.165) is 64.1 Å². The van der Waals surface area contributed by atoms with Gasteiger partial charge in [0.2, 0.25) is 11.9 Å². The summed E-state index contributed by atoms with van der Waals surface area (Å²) in [7, 11) is 1.82. The fourth-order valence-electron chi connectivity index (χ4n) is 14.6. The number of hydrogen-bond donors (Lipinski definition) is 7. The molecule has 67 heavy (non-hydrogen) atoms. The molecule has 4 aliphatic heterocycles. The van der Waals surface area contributed by atoms with E-state index >= 15 is 0 Å². The van der Waals surface area contributed by atoms with Gasteiger partial charge in [-0.3, -0.25) is 5.41 Å². The lowest BCUT2D eigenvalue weighted by Gasteiger charge is -2.50. The lowest BCUT2D eigenvalue weighted by molar-refractivity contribution is 0.0680. The van der Waals surface area contributed by atoms with Gasteiger partial charge in [0, 0.05) is 87.7 Å². The van der Waals surface area contributed by atoms with Gasteiger partial charge in [-0.25, -0.2) is 4.99 Å². The Balaban J connectivity index is 1.53. The van der Waals surface area contributed by atoms with Gasteiger partial charge in [-0.15, -0.1) is 0 Å². The highest BCUT2D eigenvalue weighted by atomic mass is 15.3. The van der Waals surface area contributed by atoms with E-state index in [1.165, 1.54) is 82.9 Å². The molecule has 0 saturated carbocycles. The van der Waals surface area contributed by atoms with Crippen LogP contribution in [0.2, 0.25) is 0 Å². The Morgan fingerprint density at radius 2 is 0.970 bits per heavy atom. The minimum atomic E-state index is -0.0302. The first-order chi connectivity index (χ1) is 30.7. The SMILES string of the molecule is CCN(CCCCCCN(C(=N/C(=N)NC)/N=C(\C)C(CCCCCCNC1CC(C)(C)NC(C)(C)C1)C1CC(C)(C)NC(C)(C)C1)C1CC(C)(C)NC(C)(C)C1)C1CC(C)(C)NC(C)(C)C1. The van der Waals surface area contributed by atoms with Crippen molar-refractivity contribution in [3.63, 3.8) is 0 Å². The number of piperidine rings is 4. The van der Waals surface area contributed by atoms with Crippen LogP contribution in [0.5, 0.6) is 0 Å². The molecule has 0 aliphatic carbocycles. The highest BCUT2D eigenvalue weighted by molar-refractivity contribution is 6.01. The lowest BCUT2D eigenvalue weighted by atomic mass is 9.68. The van der Waals surface area contributed by atoms with Crippen LogP contribution in [0.4, 0.5) is 0 Å². The van der Waals surface area contributed by atoms with Crippen LogP contribution >= 0.6 is 0 Å². The van der Waals surface area contributed by atoms with Gasteiger partial charge in [-0.1, -0.05) is 39.0 Å². The van der Waals surface area contributed by atoms with Gasteiger partial charge in [0.25, 0.3) is 0 Å². The van der Waals surface area contributed by atoms with Crippen LogP contribution in [0.25, 0.3) is 0 Å². The molecule has 1 atom stereocenters. The van der Waals surface area contributed by atoms with Gasteiger partial charge in [-0.05, 0) is 220 Å². The van der Waals surface area contributed by atoms with E-state index in [9.17, 15) is 0 Å². The summed E-state index contributed by atoms with van der Waals surface area (Å²) >= 11 is 0. The minimum absolute atomic E-state index is 0.0302. The highest BCUT2D eigenvalue weighted by Gasteiger charge is 2.44. The molecule has 0 spiro atoms. The summed E-state index contributed by atoms with van der Waals surface area (Å²) < 4.78 is 0. The molecule has 0 aromatic rings. The number of unbranched alkanes of at least 4 members (excludes halogenated alkanes) is 6. The van der Waals surface area contributed by atoms with E-state index in [1.807, 2.05) is 7.05 Å². The maximum Gasteiger partial charge on any atom is 0.228 e. The van der Waals surface area contributed by atoms with Gasteiger partial charge in [0.05, 0.1) is 0 Å². The van der Waals surface area contributed by atoms with Crippen molar-refractivity contribution >= 4 is 17.6 Å². The van der Waals surface area contributed by atoms with E-state index < -0.39 is 0 Å². The first-order valence-corrected chi connectivity index (χ1v) is 27.6. The van der Waals surface area contributed by atoms with Crippen molar-refractivity contribution in [1.29, 1.82) is 5.41 Å². The number of guanidine groups is 2. The van der Waals surface area contributed by atoms with Crippen LogP contribution in [-0.2, 0) is 0 Å². The molecule has 11 heteroatoms. The van der Waals surface area contributed by atoms with Gasteiger partial charge >= 0.3 is 0 Å². The van der Waals surface area contributed by atoms with Gasteiger partial charge in [0.15, 0.2) is 0 Å². The van der Waals surface area contributed by atoms with Crippen molar-refractivity contribution in [1.82, 2.24) is 41.7 Å². The van der Waals surface area contributed by atoms with E-state index in [-0.39, 0.29) is 56.3 Å². The molecule has 4 rings (SSSR count). The zero-order valence-electron chi connectivity index (χ0n) is 47.5. The molecular weight excluding hydrogens is 827 g/mol. The Bertz CT molecular complexity index is 1560. The quantitative estimate of drug-likeness (QED) is 0.0366. The molecule has 4 heterocycles. The van der Waals surface area contributed by atoms with Crippen LogP contribution in [0.1, 0.15) is 234 Å². The van der Waals surface area contributed by atoms with E-state index in [2.05, 4.69) is 166 Å². The third-order valence-electron chi connectivity index (χ3n) is 15.7. The number of rotatable bonds is 20. The van der Waals surface area contributed by atoms with E-state index in [0.29, 0.717) is 23.9 Å². The fourth-order valence-corrected chi connectivity index (χ4v) is 14.6. The number of nitrogens with one attached hydrogen (secondary N) is 7. The molecular formula is C56H111N11. The van der Waals surface area contributed by atoms with Crippen molar-refractivity contribution in [2.45, 2.75) is 296 Å². The number of hydrogen-bond acceptors (Lipinski definition) is 7. The maximum atomic E-state index is 8.91. The zero-order chi connectivity index (χ0) is 50.3. The highest BCUT2D eigenvalue weighted by Crippen LogP contribution is 2.40. The van der Waals surface area contributed by atoms with Crippen molar-refractivity contribution in [3.05, 3.63) is 0 Å². The molecule has 4 saturated heterocycles. The second-order valence-electron chi connectivity index (χ2n) is 27.7. The third-order valence-corrected chi connectivity index (χ3v) is 15.7. The Kier molecular flexibility index (Phi) is 20.1. The van der Waals surface area contributed by atoms with E-state index in [1.54, 1.807) is 0 Å². The van der Waals surface area contributed by atoms with Crippen molar-refractivity contribution in [2.24, 2.45) is 21.8 Å². The predicted molar refractivity (Wildman–Crippen MR) is 291 cm³/mol. The van der Waals surface area contributed by atoms with E-state index in [4.69, 9.17) is 15.4 Å². The molecule has 4 aliphatic rings. The number of aliphatic imine (C=N–C) groups is 2. The molecule has 0 aromatic heterocycles. The fraction of sp³-hybridized carbons (Fsp3) is 0.946. The summed E-state index contributed by atoms with van der Waals surface area (Å²) in [5, 5.41) is 31.6. The summed E-state index contributed by atoms with van der Waals surface area (Å²) in [6.07, 6.45) is 19.8. The summed E-state index contributed by atoms with van der Waals surface area (Å²) in [6.45, 7) is 46.8. The number of nitrogens with zero attached hydrogens (tertiary/aromatic N) is 4. The normalized spacial score (nSPS) is 25.8. The van der Waals surface area contributed by atoms with Crippen LogP contribution in [-0.4, -0.2) is 123 Å². The second kappa shape index (κ2) is 23.3. The van der Waals surface area contributed by atoms with Crippen molar-refractivity contribution in [2.75, 3.05) is 33.2 Å². The monoisotopic (exact) mass is 938 g/mol. The summed E-state index contributed by atoms with van der Waals surface area (Å²) in [5.74, 6) is 1.78. The molecule has 1 unspecified atom stereocenters. The van der Waals surface area contributed by atoms with Crippen LogP contribution in [0.3, 0.4) is 0 Å². The largest absolute Gasteiger partial charge is 0.358 e. The molecule has 0 amide bonds. The maximum absolute atomic E-state index is 8.91. The smallest absolute Gasteiger partial charge is 0.228 e. The lowest BCUT2D eigenvalue weighted by Crippen LogP contribution is -2.63. The molecule has 0 bridgehead atoms. The Morgan fingerprint density at radius 1 is 0.552 bits per heavy atom. The molecule has 4 fully saturated rings. The van der Waals surface area contributed by atoms with Crippen molar-refractivity contribution < 1.29 is 0 Å². The zero-order valence-corrected chi connectivity index (χ0v) is 47.5. The first kappa shape index (κ1) is 57.9. The van der Waals surface area contributed by atoms with Crippen LogP contribution < -0.4 is 31.9 Å². The van der Waals surface area contributed by atoms with Gasteiger partial charge in [-0.2, -0.15) is 4.99 Å². The summed E-state index contributed by atoms with van der Waals surface area (Å²) in [5.41, 5.74) is 1.88. The predicted octanol–water partition coefficient (Wildman–Crippen LogP) is 10.8. The Morgan fingerprint density at radius 3 is 1.45 bits per heavy atom. The van der Waals surface area contributed by atoms with Gasteiger partial charge < -0.3 is 41.7 Å². The topological polar surface area (TPSA) is 127 Å². The molecule has 11 nitrogen and oxygen atoms in total. The van der Waals surface area contributed by atoms with Gasteiger partial charge in [0.1, 0.15) is 0 Å².